The summed E-state index contributed by atoms with van der Waals surface area (Å²) in [7, 11) is 0. The van der Waals surface area contributed by atoms with E-state index < -0.39 is 18.1 Å². The average molecular weight is 530 g/mol. The number of para-hydroxylation sites is 1. The Bertz CT molecular complexity index is 1330. The predicted octanol–water partition coefficient (Wildman–Crippen LogP) is 5.22. The lowest BCUT2D eigenvalue weighted by Gasteiger charge is -2.19. The second kappa shape index (κ2) is 13.5. The van der Waals surface area contributed by atoms with Gasteiger partial charge in [0.1, 0.15) is 24.5 Å². The van der Waals surface area contributed by atoms with Gasteiger partial charge in [-0.3, -0.25) is 9.59 Å². The number of rotatable bonds is 12. The average Bonchev–Trinajstić information content (AvgIpc) is 3.41. The molecule has 8 heteroatoms. The standard InChI is InChI=1S/C30H31N3O4S/c1-2-11-25(32-29(36)26(34)18-21-12-5-3-6-13-21)28(35)33-30-31-19-27(38-30)24-17-10-9-14-22(24)20-37-23-15-7-4-8-16-23/h3-10,12-17,19,25-26,34H,2,11,18,20H2,1H3,(H,32,36)(H,31,33,35)/t25-,26?/m0/s1. The lowest BCUT2D eigenvalue weighted by atomic mass is 10.1. The molecule has 3 aromatic carbocycles. The molecule has 1 heterocycles. The van der Waals surface area contributed by atoms with Crippen molar-refractivity contribution in [3.05, 3.63) is 102 Å². The van der Waals surface area contributed by atoms with Crippen molar-refractivity contribution in [1.29, 1.82) is 0 Å². The lowest BCUT2D eigenvalue weighted by Crippen LogP contribution is -2.48. The van der Waals surface area contributed by atoms with Gasteiger partial charge in [0.2, 0.25) is 11.8 Å². The molecule has 1 unspecified atom stereocenters. The molecule has 0 saturated carbocycles. The van der Waals surface area contributed by atoms with E-state index in [-0.39, 0.29) is 12.3 Å². The van der Waals surface area contributed by atoms with E-state index in [0.29, 0.717) is 24.6 Å². The van der Waals surface area contributed by atoms with Crippen LogP contribution in [0.25, 0.3) is 10.4 Å². The van der Waals surface area contributed by atoms with Crippen LogP contribution >= 0.6 is 11.3 Å². The number of benzene rings is 3. The number of aliphatic hydroxyl groups excluding tert-OH is 1. The highest BCUT2D eigenvalue weighted by molar-refractivity contribution is 7.19. The number of thiazole rings is 1. The van der Waals surface area contributed by atoms with Crippen LogP contribution in [0.5, 0.6) is 5.75 Å². The monoisotopic (exact) mass is 529 g/mol. The first-order chi connectivity index (χ1) is 18.5. The summed E-state index contributed by atoms with van der Waals surface area (Å²) in [5.41, 5.74) is 2.82. The molecule has 4 aromatic rings. The summed E-state index contributed by atoms with van der Waals surface area (Å²) in [6.07, 6.45) is 1.78. The van der Waals surface area contributed by atoms with E-state index >= 15 is 0 Å². The molecule has 0 fully saturated rings. The molecule has 3 N–H and O–H groups in total. The Balaban J connectivity index is 1.39. The molecule has 0 aliphatic rings. The van der Waals surface area contributed by atoms with Crippen LogP contribution in [0.15, 0.2) is 91.1 Å². The number of carbonyl (C=O) groups excluding carboxylic acids is 2. The highest BCUT2D eigenvalue weighted by atomic mass is 32.1. The second-order valence-corrected chi connectivity index (χ2v) is 9.86. The molecule has 1 aromatic heterocycles. The zero-order valence-electron chi connectivity index (χ0n) is 21.2. The van der Waals surface area contributed by atoms with E-state index in [2.05, 4.69) is 15.6 Å². The number of anilines is 1. The third kappa shape index (κ3) is 7.50. The Labute approximate surface area is 226 Å². The van der Waals surface area contributed by atoms with E-state index in [0.717, 1.165) is 27.3 Å². The van der Waals surface area contributed by atoms with Crippen LogP contribution in [-0.2, 0) is 22.6 Å². The molecule has 0 saturated heterocycles. The molecule has 0 aliphatic heterocycles. The normalized spacial score (nSPS) is 12.4. The number of nitrogens with zero attached hydrogens (tertiary/aromatic N) is 1. The van der Waals surface area contributed by atoms with Gasteiger partial charge in [-0.1, -0.05) is 97.5 Å². The largest absolute Gasteiger partial charge is 0.489 e. The summed E-state index contributed by atoms with van der Waals surface area (Å²) < 4.78 is 5.93. The molecule has 0 bridgehead atoms. The van der Waals surface area contributed by atoms with Crippen LogP contribution in [0, 0.1) is 0 Å². The van der Waals surface area contributed by atoms with Gasteiger partial charge in [0.05, 0.1) is 4.88 Å². The molecule has 196 valence electrons. The Morgan fingerprint density at radius 2 is 1.63 bits per heavy atom. The van der Waals surface area contributed by atoms with Crippen molar-refractivity contribution in [3.8, 4) is 16.2 Å². The number of amides is 2. The zero-order valence-corrected chi connectivity index (χ0v) is 22.0. The van der Waals surface area contributed by atoms with Crippen LogP contribution in [0.3, 0.4) is 0 Å². The fourth-order valence-corrected chi connectivity index (χ4v) is 4.85. The van der Waals surface area contributed by atoms with Gasteiger partial charge in [-0.15, -0.1) is 0 Å². The minimum absolute atomic E-state index is 0.177. The Morgan fingerprint density at radius 1 is 0.947 bits per heavy atom. The van der Waals surface area contributed by atoms with Crippen LogP contribution in [0.4, 0.5) is 5.13 Å². The molecule has 2 atom stereocenters. The number of aliphatic hydroxyl groups is 1. The van der Waals surface area contributed by atoms with Crippen molar-refractivity contribution < 1.29 is 19.4 Å². The van der Waals surface area contributed by atoms with Crippen molar-refractivity contribution in [2.24, 2.45) is 0 Å². The van der Waals surface area contributed by atoms with Gasteiger partial charge in [-0.05, 0) is 35.2 Å². The molecular weight excluding hydrogens is 498 g/mol. The van der Waals surface area contributed by atoms with Crippen molar-refractivity contribution in [1.82, 2.24) is 10.3 Å². The van der Waals surface area contributed by atoms with Gasteiger partial charge < -0.3 is 20.5 Å². The van der Waals surface area contributed by atoms with E-state index in [1.54, 1.807) is 6.20 Å². The van der Waals surface area contributed by atoms with Gasteiger partial charge in [-0.25, -0.2) is 4.98 Å². The van der Waals surface area contributed by atoms with Gasteiger partial charge in [-0.2, -0.15) is 0 Å². The smallest absolute Gasteiger partial charge is 0.249 e. The summed E-state index contributed by atoms with van der Waals surface area (Å²) in [4.78, 5) is 30.9. The zero-order chi connectivity index (χ0) is 26.7. The fraction of sp³-hybridized carbons (Fsp3) is 0.233. The molecule has 0 aliphatic carbocycles. The SMILES string of the molecule is CCC[C@H](NC(=O)C(O)Cc1ccccc1)C(=O)Nc1ncc(-c2ccccc2COc2ccccc2)s1. The molecule has 0 radical (unpaired) electrons. The molecule has 38 heavy (non-hydrogen) atoms. The number of nitrogens with one attached hydrogen (secondary N) is 2. The fourth-order valence-electron chi connectivity index (χ4n) is 3.97. The predicted molar refractivity (Wildman–Crippen MR) is 150 cm³/mol. The highest BCUT2D eigenvalue weighted by Crippen LogP contribution is 2.32. The maximum atomic E-state index is 13.0. The second-order valence-electron chi connectivity index (χ2n) is 8.83. The number of hydrogen-bond acceptors (Lipinski definition) is 6. The van der Waals surface area contributed by atoms with Crippen LogP contribution in [0.1, 0.15) is 30.9 Å². The third-order valence-corrected chi connectivity index (χ3v) is 6.89. The maximum absolute atomic E-state index is 13.0. The topological polar surface area (TPSA) is 101 Å². The molecule has 2 amide bonds. The van der Waals surface area contributed by atoms with Crippen molar-refractivity contribution >= 4 is 28.3 Å². The maximum Gasteiger partial charge on any atom is 0.249 e. The summed E-state index contributed by atoms with van der Waals surface area (Å²) in [5.74, 6) is -0.152. The molecule has 7 nitrogen and oxygen atoms in total. The third-order valence-electron chi connectivity index (χ3n) is 5.94. The van der Waals surface area contributed by atoms with Crippen LogP contribution in [0.2, 0.25) is 0 Å². The number of carbonyl (C=O) groups is 2. The first-order valence-electron chi connectivity index (χ1n) is 12.6. The number of aromatic nitrogens is 1. The van der Waals surface area contributed by atoms with Crippen molar-refractivity contribution in [2.75, 3.05) is 5.32 Å². The summed E-state index contributed by atoms with van der Waals surface area (Å²) in [5, 5.41) is 16.3. The van der Waals surface area contributed by atoms with E-state index in [1.807, 2.05) is 91.9 Å². The van der Waals surface area contributed by atoms with Crippen molar-refractivity contribution in [2.45, 2.75) is 44.9 Å². The number of hydrogen-bond donors (Lipinski definition) is 3. The van der Waals surface area contributed by atoms with Gasteiger partial charge in [0.25, 0.3) is 0 Å². The van der Waals surface area contributed by atoms with E-state index in [4.69, 9.17) is 4.74 Å². The van der Waals surface area contributed by atoms with Gasteiger partial charge >= 0.3 is 0 Å². The van der Waals surface area contributed by atoms with Gasteiger partial charge in [0.15, 0.2) is 5.13 Å². The van der Waals surface area contributed by atoms with Crippen LogP contribution in [-0.4, -0.2) is 34.1 Å². The lowest BCUT2D eigenvalue weighted by molar-refractivity contribution is -0.132. The molecule has 0 spiro atoms. The first-order valence-corrected chi connectivity index (χ1v) is 13.4. The first kappa shape index (κ1) is 27.0. The quantitative estimate of drug-likeness (QED) is 0.234. The highest BCUT2D eigenvalue weighted by Gasteiger charge is 2.25. The van der Waals surface area contributed by atoms with Crippen molar-refractivity contribution in [3.63, 3.8) is 0 Å². The number of ether oxygens (including phenoxy) is 1. The Kier molecular flexibility index (Phi) is 9.61. The minimum Gasteiger partial charge on any atom is -0.489 e. The summed E-state index contributed by atoms with van der Waals surface area (Å²) in [6.45, 7) is 2.33. The Morgan fingerprint density at radius 3 is 2.37 bits per heavy atom. The molecular formula is C30H31N3O4S. The van der Waals surface area contributed by atoms with Gasteiger partial charge in [0, 0.05) is 12.6 Å². The van der Waals surface area contributed by atoms with E-state index in [9.17, 15) is 14.7 Å². The minimum atomic E-state index is -1.24. The summed E-state index contributed by atoms with van der Waals surface area (Å²) >= 11 is 1.35. The summed E-state index contributed by atoms with van der Waals surface area (Å²) in [6, 6.07) is 26.0. The Hall–Kier alpha value is -4.01. The van der Waals surface area contributed by atoms with E-state index in [1.165, 1.54) is 11.3 Å². The van der Waals surface area contributed by atoms with Crippen LogP contribution < -0.4 is 15.4 Å². The molecule has 4 rings (SSSR count).